The molecule has 2 heterocycles. The lowest BCUT2D eigenvalue weighted by Crippen LogP contribution is -2.50. The van der Waals surface area contributed by atoms with E-state index in [-0.39, 0.29) is 30.3 Å². The Morgan fingerprint density at radius 3 is 2.47 bits per heavy atom. The largest absolute Gasteiger partial charge is 0.491 e. The van der Waals surface area contributed by atoms with Crippen molar-refractivity contribution in [3.63, 3.8) is 0 Å². The van der Waals surface area contributed by atoms with E-state index in [4.69, 9.17) is 9.47 Å². The Labute approximate surface area is 207 Å². The number of ether oxygens (including phenoxy) is 2. The predicted molar refractivity (Wildman–Crippen MR) is 135 cm³/mol. The number of piperazine rings is 1. The number of hydrogen-bond donors (Lipinski definition) is 1. The molecule has 2 saturated heterocycles. The number of nitrogens with one attached hydrogen (secondary N) is 1. The van der Waals surface area contributed by atoms with Gasteiger partial charge in [0.2, 0.25) is 5.91 Å². The molecule has 4 rings (SSSR count). The zero-order valence-electron chi connectivity index (χ0n) is 19.7. The monoisotopic (exact) mass is 487 g/mol. The van der Waals surface area contributed by atoms with Crippen molar-refractivity contribution in [1.29, 1.82) is 0 Å². The fourth-order valence-electron chi connectivity index (χ4n) is 4.29. The maximum absolute atomic E-state index is 12.9. The van der Waals surface area contributed by atoms with Crippen LogP contribution in [0.2, 0.25) is 0 Å². The Bertz CT molecular complexity index is 939. The van der Waals surface area contributed by atoms with E-state index < -0.39 is 0 Å². The van der Waals surface area contributed by atoms with Crippen LogP contribution in [0.5, 0.6) is 5.75 Å². The zero-order chi connectivity index (χ0) is 23.0. The van der Waals surface area contributed by atoms with E-state index in [1.165, 1.54) is 0 Å². The molecule has 2 fully saturated rings. The zero-order valence-corrected chi connectivity index (χ0v) is 20.5. The van der Waals surface area contributed by atoms with Crippen LogP contribution in [0.25, 0.3) is 0 Å². The smallest absolute Gasteiger partial charge is 0.253 e. The maximum Gasteiger partial charge on any atom is 0.253 e. The number of aryl methyl sites for hydroxylation is 1. The number of nitrogens with zero attached hydrogens (tertiary/aromatic N) is 2. The highest BCUT2D eigenvalue weighted by atomic mass is 35.5. The predicted octanol–water partition coefficient (Wildman–Crippen LogP) is 3.63. The number of halogens is 1. The van der Waals surface area contributed by atoms with Crippen molar-refractivity contribution in [3.05, 3.63) is 59.7 Å². The topological polar surface area (TPSA) is 71.1 Å². The Kier molecular flexibility index (Phi) is 9.74. The highest BCUT2D eigenvalue weighted by Gasteiger charge is 2.23. The van der Waals surface area contributed by atoms with Crippen LogP contribution in [0, 0.1) is 0 Å². The van der Waals surface area contributed by atoms with Gasteiger partial charge in [-0.05, 0) is 55.2 Å². The first-order chi connectivity index (χ1) is 16.1. The minimum atomic E-state index is -0.0192. The van der Waals surface area contributed by atoms with E-state index in [0.717, 1.165) is 42.9 Å². The van der Waals surface area contributed by atoms with Crippen molar-refractivity contribution in [2.24, 2.45) is 0 Å². The molecule has 0 bridgehead atoms. The van der Waals surface area contributed by atoms with Crippen LogP contribution in [0.3, 0.4) is 0 Å². The molecule has 1 atom stereocenters. The third-order valence-electron chi connectivity index (χ3n) is 6.26. The summed E-state index contributed by atoms with van der Waals surface area (Å²) >= 11 is 0. The van der Waals surface area contributed by atoms with Crippen molar-refractivity contribution >= 4 is 29.9 Å². The summed E-state index contributed by atoms with van der Waals surface area (Å²) in [4.78, 5) is 29.3. The minimum Gasteiger partial charge on any atom is -0.491 e. The normalized spacial score (nSPS) is 18.3. The lowest BCUT2D eigenvalue weighted by atomic mass is 10.1. The number of anilines is 1. The van der Waals surface area contributed by atoms with Crippen LogP contribution >= 0.6 is 12.4 Å². The quantitative estimate of drug-likeness (QED) is 0.615. The summed E-state index contributed by atoms with van der Waals surface area (Å²) in [6.45, 7) is 6.33. The van der Waals surface area contributed by atoms with Gasteiger partial charge < -0.3 is 19.7 Å². The van der Waals surface area contributed by atoms with Gasteiger partial charge in [0.1, 0.15) is 12.4 Å². The fourth-order valence-corrected chi connectivity index (χ4v) is 4.29. The van der Waals surface area contributed by atoms with Gasteiger partial charge in [-0.1, -0.05) is 25.1 Å². The first kappa shape index (κ1) is 26.0. The van der Waals surface area contributed by atoms with E-state index >= 15 is 0 Å². The van der Waals surface area contributed by atoms with Gasteiger partial charge in [0.05, 0.1) is 12.6 Å². The fraction of sp³-hybridized carbons (Fsp3) is 0.462. The SMILES string of the molecule is CCc1ccccc1NC(=O)CN1CCN(C(=O)c2ccc(OCC3CCCO3)cc2)CC1.Cl. The number of rotatable bonds is 8. The van der Waals surface area contributed by atoms with Crippen LogP contribution in [0.1, 0.15) is 35.7 Å². The van der Waals surface area contributed by atoms with E-state index in [9.17, 15) is 9.59 Å². The van der Waals surface area contributed by atoms with Crippen molar-refractivity contribution in [2.45, 2.75) is 32.3 Å². The molecule has 2 aliphatic rings. The van der Waals surface area contributed by atoms with Crippen LogP contribution in [-0.4, -0.2) is 73.7 Å². The molecule has 8 heteroatoms. The third kappa shape index (κ3) is 6.95. The molecule has 2 aliphatic heterocycles. The van der Waals surface area contributed by atoms with Gasteiger partial charge in [-0.15, -0.1) is 12.4 Å². The molecular weight excluding hydrogens is 454 g/mol. The molecule has 7 nitrogen and oxygen atoms in total. The van der Waals surface area contributed by atoms with Gasteiger partial charge in [0.15, 0.2) is 0 Å². The van der Waals surface area contributed by atoms with Crippen molar-refractivity contribution in [2.75, 3.05) is 51.3 Å². The van der Waals surface area contributed by atoms with Crippen molar-refractivity contribution in [3.8, 4) is 5.75 Å². The highest BCUT2D eigenvalue weighted by molar-refractivity contribution is 5.94. The van der Waals surface area contributed by atoms with Gasteiger partial charge in [-0.2, -0.15) is 0 Å². The number of carbonyl (C=O) groups excluding carboxylic acids is 2. The third-order valence-corrected chi connectivity index (χ3v) is 6.26. The van der Waals surface area contributed by atoms with E-state index in [2.05, 4.69) is 17.1 Å². The maximum atomic E-state index is 12.9. The van der Waals surface area contributed by atoms with Gasteiger partial charge in [-0.25, -0.2) is 0 Å². The van der Waals surface area contributed by atoms with E-state index in [1.54, 1.807) is 0 Å². The summed E-state index contributed by atoms with van der Waals surface area (Å²) < 4.78 is 11.4. The average Bonchev–Trinajstić information content (AvgIpc) is 3.37. The van der Waals surface area contributed by atoms with Gasteiger partial charge >= 0.3 is 0 Å². The molecule has 0 saturated carbocycles. The van der Waals surface area contributed by atoms with E-state index in [1.807, 2.05) is 53.4 Å². The summed E-state index contributed by atoms with van der Waals surface area (Å²) in [6, 6.07) is 15.2. The molecular formula is C26H34ClN3O4. The van der Waals surface area contributed by atoms with Crippen molar-refractivity contribution < 1.29 is 19.1 Å². The second kappa shape index (κ2) is 12.7. The van der Waals surface area contributed by atoms with E-state index in [0.29, 0.717) is 44.9 Å². The van der Waals surface area contributed by atoms with Gasteiger partial charge in [0, 0.05) is 44.0 Å². The molecule has 2 amide bonds. The number of para-hydroxylation sites is 1. The molecule has 0 aromatic heterocycles. The molecule has 1 unspecified atom stereocenters. The minimum absolute atomic E-state index is 0. The first-order valence-corrected chi connectivity index (χ1v) is 11.9. The first-order valence-electron chi connectivity index (χ1n) is 11.9. The second-order valence-corrected chi connectivity index (χ2v) is 8.60. The molecule has 0 spiro atoms. The number of amides is 2. The standard InChI is InChI=1S/C26H33N3O4.ClH/c1-2-20-6-3-4-8-24(20)27-25(30)18-28-13-15-29(16-14-28)26(31)21-9-11-22(12-10-21)33-19-23-7-5-17-32-23;/h3-4,6,8-12,23H,2,5,7,13-19H2,1H3,(H,27,30);1H. The van der Waals surface area contributed by atoms with Crippen LogP contribution < -0.4 is 10.1 Å². The summed E-state index contributed by atoms with van der Waals surface area (Å²) in [6.07, 6.45) is 3.17. The molecule has 0 radical (unpaired) electrons. The van der Waals surface area contributed by atoms with Crippen LogP contribution in [-0.2, 0) is 16.0 Å². The number of benzene rings is 2. The summed E-state index contributed by atoms with van der Waals surface area (Å²) in [5, 5.41) is 3.02. The van der Waals surface area contributed by atoms with Crippen LogP contribution in [0.15, 0.2) is 48.5 Å². The molecule has 34 heavy (non-hydrogen) atoms. The second-order valence-electron chi connectivity index (χ2n) is 8.60. The van der Waals surface area contributed by atoms with Gasteiger partial charge in [-0.3, -0.25) is 14.5 Å². The molecule has 1 N–H and O–H groups in total. The Balaban J connectivity index is 0.00000324. The Morgan fingerprint density at radius 1 is 1.06 bits per heavy atom. The summed E-state index contributed by atoms with van der Waals surface area (Å²) in [5.41, 5.74) is 2.66. The average molecular weight is 488 g/mol. The lowest BCUT2D eigenvalue weighted by Gasteiger charge is -2.34. The number of hydrogen-bond acceptors (Lipinski definition) is 5. The molecule has 0 aliphatic carbocycles. The molecule has 184 valence electrons. The molecule has 2 aromatic rings. The molecule has 2 aromatic carbocycles. The Hall–Kier alpha value is -2.61. The van der Waals surface area contributed by atoms with Crippen molar-refractivity contribution in [1.82, 2.24) is 9.80 Å². The highest BCUT2D eigenvalue weighted by Crippen LogP contribution is 2.18. The van der Waals surface area contributed by atoms with Crippen LogP contribution in [0.4, 0.5) is 5.69 Å². The Morgan fingerprint density at radius 2 is 1.79 bits per heavy atom. The lowest BCUT2D eigenvalue weighted by molar-refractivity contribution is -0.117. The summed E-state index contributed by atoms with van der Waals surface area (Å²) in [7, 11) is 0. The van der Waals surface area contributed by atoms with Gasteiger partial charge in [0.25, 0.3) is 5.91 Å². The number of carbonyl (C=O) groups is 2. The summed E-state index contributed by atoms with van der Waals surface area (Å²) in [5.74, 6) is 0.749.